The van der Waals surface area contributed by atoms with Gasteiger partial charge >= 0.3 is 0 Å². The summed E-state index contributed by atoms with van der Waals surface area (Å²) in [5.74, 6) is 0.858. The van der Waals surface area contributed by atoms with Crippen LogP contribution in [0.2, 0.25) is 0 Å². The zero-order valence-electron chi connectivity index (χ0n) is 11.8. The second kappa shape index (κ2) is 6.95. The van der Waals surface area contributed by atoms with Gasteiger partial charge in [0.2, 0.25) is 0 Å². The van der Waals surface area contributed by atoms with E-state index in [4.69, 9.17) is 15.2 Å². The van der Waals surface area contributed by atoms with Crippen molar-refractivity contribution in [3.05, 3.63) is 53.8 Å². The van der Waals surface area contributed by atoms with E-state index in [2.05, 4.69) is 0 Å². The number of benzene rings is 2. The van der Waals surface area contributed by atoms with Gasteiger partial charge < -0.3 is 20.3 Å². The summed E-state index contributed by atoms with van der Waals surface area (Å²) in [7, 11) is 0. The van der Waals surface area contributed by atoms with Crippen molar-refractivity contribution < 1.29 is 19.0 Å². The molecular formula is C16H18FNO3. The fraction of sp³-hybridized carbons (Fsp3) is 0.250. The summed E-state index contributed by atoms with van der Waals surface area (Å²) < 4.78 is 23.8. The van der Waals surface area contributed by atoms with E-state index in [1.54, 1.807) is 31.2 Å². The lowest BCUT2D eigenvalue weighted by molar-refractivity contribution is 0.0624. The first-order valence-corrected chi connectivity index (χ1v) is 6.60. The van der Waals surface area contributed by atoms with Gasteiger partial charge in [-0.1, -0.05) is 0 Å². The Balaban J connectivity index is 1.79. The third kappa shape index (κ3) is 4.65. The lowest BCUT2D eigenvalue weighted by atomic mass is 10.2. The predicted molar refractivity (Wildman–Crippen MR) is 79.0 cm³/mol. The number of nitrogens with two attached hydrogens (primary N) is 1. The zero-order chi connectivity index (χ0) is 15.2. The third-order valence-corrected chi connectivity index (χ3v) is 2.89. The molecule has 0 amide bonds. The summed E-state index contributed by atoms with van der Waals surface area (Å²) >= 11 is 0. The maximum Gasteiger partial charge on any atom is 0.123 e. The molecule has 112 valence electrons. The van der Waals surface area contributed by atoms with Crippen molar-refractivity contribution in [2.75, 3.05) is 18.9 Å². The summed E-state index contributed by atoms with van der Waals surface area (Å²) in [4.78, 5) is 0. The van der Waals surface area contributed by atoms with Gasteiger partial charge in [0.05, 0.1) is 0 Å². The summed E-state index contributed by atoms with van der Waals surface area (Å²) in [6.07, 6.45) is -0.785. The van der Waals surface area contributed by atoms with Crippen LogP contribution >= 0.6 is 0 Å². The highest BCUT2D eigenvalue weighted by Crippen LogP contribution is 2.18. The van der Waals surface area contributed by atoms with Crippen molar-refractivity contribution in [3.63, 3.8) is 0 Å². The first-order chi connectivity index (χ1) is 10.0. The van der Waals surface area contributed by atoms with Crippen LogP contribution in [0.5, 0.6) is 11.5 Å². The number of aryl methyl sites for hydroxylation is 1. The largest absolute Gasteiger partial charge is 0.491 e. The molecule has 2 aromatic carbocycles. The Morgan fingerprint density at radius 3 is 2.43 bits per heavy atom. The molecule has 2 aromatic rings. The fourth-order valence-electron chi connectivity index (χ4n) is 1.77. The number of hydrogen-bond acceptors (Lipinski definition) is 4. The van der Waals surface area contributed by atoms with Crippen LogP contribution < -0.4 is 15.2 Å². The fourth-order valence-corrected chi connectivity index (χ4v) is 1.77. The first kappa shape index (κ1) is 15.1. The van der Waals surface area contributed by atoms with Crippen LogP contribution in [0.3, 0.4) is 0 Å². The van der Waals surface area contributed by atoms with Crippen molar-refractivity contribution in [1.29, 1.82) is 0 Å². The van der Waals surface area contributed by atoms with E-state index in [0.717, 1.165) is 0 Å². The lowest BCUT2D eigenvalue weighted by Gasteiger charge is -2.15. The Kier molecular flexibility index (Phi) is 5.00. The van der Waals surface area contributed by atoms with E-state index in [1.165, 1.54) is 18.2 Å². The quantitative estimate of drug-likeness (QED) is 0.803. The van der Waals surface area contributed by atoms with E-state index in [1.807, 2.05) is 0 Å². The summed E-state index contributed by atoms with van der Waals surface area (Å²) in [6.45, 7) is 1.92. The van der Waals surface area contributed by atoms with Crippen LogP contribution in [0.1, 0.15) is 5.56 Å². The molecule has 0 saturated heterocycles. The maximum atomic E-state index is 12.9. The molecule has 0 heterocycles. The van der Waals surface area contributed by atoms with Crippen molar-refractivity contribution in [2.24, 2.45) is 0 Å². The minimum Gasteiger partial charge on any atom is -0.491 e. The first-order valence-electron chi connectivity index (χ1n) is 6.60. The highest BCUT2D eigenvalue weighted by Gasteiger charge is 2.08. The molecule has 0 fully saturated rings. The molecule has 5 heteroatoms. The molecule has 0 aromatic heterocycles. The number of rotatable bonds is 6. The van der Waals surface area contributed by atoms with Crippen LogP contribution in [0.25, 0.3) is 0 Å². The zero-order valence-corrected chi connectivity index (χ0v) is 11.8. The van der Waals surface area contributed by atoms with Gasteiger partial charge in [0.25, 0.3) is 0 Å². The molecule has 1 unspecified atom stereocenters. The Bertz CT molecular complexity index is 587. The van der Waals surface area contributed by atoms with Gasteiger partial charge in [-0.3, -0.25) is 0 Å². The Hall–Kier alpha value is -2.27. The van der Waals surface area contributed by atoms with Crippen LogP contribution in [-0.4, -0.2) is 24.4 Å². The van der Waals surface area contributed by atoms with E-state index < -0.39 is 6.10 Å². The van der Waals surface area contributed by atoms with E-state index in [9.17, 15) is 9.50 Å². The molecule has 0 aliphatic rings. The van der Waals surface area contributed by atoms with Gasteiger partial charge in [-0.25, -0.2) is 4.39 Å². The SMILES string of the molecule is Cc1cc(F)ccc1OCC(O)COc1ccc(N)cc1. The van der Waals surface area contributed by atoms with Crippen LogP contribution in [0, 0.1) is 12.7 Å². The average Bonchev–Trinajstić information content (AvgIpc) is 2.46. The normalized spacial score (nSPS) is 12.0. The van der Waals surface area contributed by atoms with Gasteiger partial charge in [-0.2, -0.15) is 0 Å². The number of nitrogen functional groups attached to an aromatic ring is 1. The van der Waals surface area contributed by atoms with Crippen LogP contribution in [0.15, 0.2) is 42.5 Å². The van der Waals surface area contributed by atoms with E-state index in [0.29, 0.717) is 22.7 Å². The van der Waals surface area contributed by atoms with Crippen LogP contribution in [0.4, 0.5) is 10.1 Å². The standard InChI is InChI=1S/C16H18FNO3/c1-11-8-12(17)2-7-16(11)21-10-14(19)9-20-15-5-3-13(18)4-6-15/h2-8,14,19H,9-10,18H2,1H3. The van der Waals surface area contributed by atoms with Crippen molar-refractivity contribution >= 4 is 5.69 Å². The summed E-state index contributed by atoms with van der Waals surface area (Å²) in [5.41, 5.74) is 6.90. The number of ether oxygens (including phenoxy) is 2. The molecule has 21 heavy (non-hydrogen) atoms. The number of aliphatic hydroxyl groups excluding tert-OH is 1. The van der Waals surface area contributed by atoms with Crippen molar-refractivity contribution in [2.45, 2.75) is 13.0 Å². The van der Waals surface area contributed by atoms with Crippen LogP contribution in [-0.2, 0) is 0 Å². The molecule has 0 spiro atoms. The second-order valence-corrected chi connectivity index (χ2v) is 4.75. The molecule has 4 nitrogen and oxygen atoms in total. The van der Waals surface area contributed by atoms with E-state index >= 15 is 0 Å². The number of anilines is 1. The molecule has 2 rings (SSSR count). The molecule has 0 aliphatic carbocycles. The molecule has 0 bridgehead atoms. The van der Waals surface area contributed by atoms with Gasteiger partial charge in [0.15, 0.2) is 0 Å². The minimum absolute atomic E-state index is 0.0709. The number of hydrogen-bond donors (Lipinski definition) is 2. The molecule has 0 radical (unpaired) electrons. The molecular weight excluding hydrogens is 273 g/mol. The van der Waals surface area contributed by atoms with Gasteiger partial charge in [-0.05, 0) is 55.0 Å². The predicted octanol–water partition coefficient (Wildman–Crippen LogP) is 2.54. The second-order valence-electron chi connectivity index (χ2n) is 4.75. The lowest BCUT2D eigenvalue weighted by Crippen LogP contribution is -2.25. The molecule has 0 saturated carbocycles. The van der Waals surface area contributed by atoms with Gasteiger partial charge in [0, 0.05) is 5.69 Å². The highest BCUT2D eigenvalue weighted by molar-refractivity contribution is 5.41. The van der Waals surface area contributed by atoms with Crippen molar-refractivity contribution in [1.82, 2.24) is 0 Å². The topological polar surface area (TPSA) is 64.7 Å². The molecule has 1 atom stereocenters. The minimum atomic E-state index is -0.785. The van der Waals surface area contributed by atoms with E-state index in [-0.39, 0.29) is 19.0 Å². The van der Waals surface area contributed by atoms with Gasteiger partial charge in [-0.15, -0.1) is 0 Å². The Morgan fingerprint density at radius 2 is 1.76 bits per heavy atom. The monoisotopic (exact) mass is 291 g/mol. The molecule has 0 aliphatic heterocycles. The van der Waals surface area contributed by atoms with Crippen molar-refractivity contribution in [3.8, 4) is 11.5 Å². The summed E-state index contributed by atoms with van der Waals surface area (Å²) in [5, 5.41) is 9.82. The summed E-state index contributed by atoms with van der Waals surface area (Å²) in [6, 6.07) is 11.1. The number of aliphatic hydroxyl groups is 1. The highest BCUT2D eigenvalue weighted by atomic mass is 19.1. The number of halogens is 1. The van der Waals surface area contributed by atoms with Gasteiger partial charge in [0.1, 0.15) is 36.6 Å². The Labute approximate surface area is 122 Å². The maximum absolute atomic E-state index is 12.9. The third-order valence-electron chi connectivity index (χ3n) is 2.89. The smallest absolute Gasteiger partial charge is 0.123 e. The Morgan fingerprint density at radius 1 is 1.10 bits per heavy atom. The average molecular weight is 291 g/mol. The molecule has 3 N–H and O–H groups in total.